The molecular weight excluding hydrogens is 508 g/mol. The molecule has 0 aliphatic carbocycles. The minimum absolute atomic E-state index is 0.0219. The second-order valence-corrected chi connectivity index (χ2v) is 11.4. The maximum atomic E-state index is 13.9. The largest absolute Gasteiger partial charge is 0.346 e. The van der Waals surface area contributed by atoms with E-state index in [2.05, 4.69) is 4.90 Å². The van der Waals surface area contributed by atoms with Gasteiger partial charge in [-0.2, -0.15) is 0 Å². The number of ether oxygens (including phenoxy) is 2. The lowest BCUT2D eigenvalue weighted by Crippen LogP contribution is -2.44. The molecule has 2 heterocycles. The molecule has 0 bridgehead atoms. The van der Waals surface area contributed by atoms with Crippen LogP contribution in [0.5, 0.6) is 0 Å². The van der Waals surface area contributed by atoms with Crippen molar-refractivity contribution in [2.24, 2.45) is 0 Å². The van der Waals surface area contributed by atoms with Gasteiger partial charge >= 0.3 is 0 Å². The highest BCUT2D eigenvalue weighted by molar-refractivity contribution is 8.00. The van der Waals surface area contributed by atoms with Crippen molar-refractivity contribution in [1.82, 2.24) is 4.90 Å². The highest BCUT2D eigenvalue weighted by Gasteiger charge is 2.35. The SMILES string of the molecule is CS(=O)(=O)C(=C1CN(C(c2ccc(Cl)cc2)c2ccc(C3OCCO3)cc2)C1)c1cc(F)cc(F)c1. The molecule has 0 amide bonds. The average molecular weight is 532 g/mol. The third-order valence-electron chi connectivity index (χ3n) is 6.30. The zero-order valence-electron chi connectivity index (χ0n) is 19.5. The van der Waals surface area contributed by atoms with Crippen LogP contribution in [0.1, 0.15) is 34.6 Å². The number of rotatable bonds is 6. The van der Waals surface area contributed by atoms with Crippen LogP contribution in [0.3, 0.4) is 0 Å². The highest BCUT2D eigenvalue weighted by Crippen LogP contribution is 2.39. The lowest BCUT2D eigenvalue weighted by atomic mass is 9.91. The van der Waals surface area contributed by atoms with E-state index in [1.807, 2.05) is 48.5 Å². The van der Waals surface area contributed by atoms with Gasteiger partial charge in [0.05, 0.1) is 24.2 Å². The van der Waals surface area contributed by atoms with Crippen molar-refractivity contribution in [2.45, 2.75) is 12.3 Å². The van der Waals surface area contributed by atoms with Crippen LogP contribution in [0.25, 0.3) is 4.91 Å². The maximum absolute atomic E-state index is 13.9. The summed E-state index contributed by atoms with van der Waals surface area (Å²) in [6.45, 7) is 1.76. The van der Waals surface area contributed by atoms with Crippen molar-refractivity contribution in [3.05, 3.63) is 111 Å². The van der Waals surface area contributed by atoms with Crippen LogP contribution in [0, 0.1) is 11.6 Å². The quantitative estimate of drug-likeness (QED) is 0.419. The molecule has 0 spiro atoms. The molecular formula is C27H24ClF2NO4S. The zero-order chi connectivity index (χ0) is 25.4. The Kier molecular flexibility index (Phi) is 6.98. The number of likely N-dealkylation sites (tertiary alicyclic amines) is 1. The third-order valence-corrected chi connectivity index (χ3v) is 7.82. The highest BCUT2D eigenvalue weighted by atomic mass is 35.5. The van der Waals surface area contributed by atoms with E-state index in [4.69, 9.17) is 21.1 Å². The van der Waals surface area contributed by atoms with Crippen LogP contribution in [0.2, 0.25) is 5.02 Å². The summed E-state index contributed by atoms with van der Waals surface area (Å²) >= 11 is 6.11. The predicted octanol–water partition coefficient (Wildman–Crippen LogP) is 5.52. The van der Waals surface area contributed by atoms with E-state index >= 15 is 0 Å². The van der Waals surface area contributed by atoms with Gasteiger partial charge in [0.25, 0.3) is 0 Å². The summed E-state index contributed by atoms with van der Waals surface area (Å²) in [6, 6.07) is 18.1. The minimum Gasteiger partial charge on any atom is -0.346 e. The number of sulfone groups is 1. The normalized spacial score (nSPS) is 17.7. The Morgan fingerprint density at radius 3 is 1.97 bits per heavy atom. The van der Waals surface area contributed by atoms with Gasteiger partial charge in [0.15, 0.2) is 16.1 Å². The average Bonchev–Trinajstić information content (AvgIpc) is 3.32. The van der Waals surface area contributed by atoms with E-state index in [9.17, 15) is 17.2 Å². The van der Waals surface area contributed by atoms with E-state index in [0.29, 0.717) is 36.9 Å². The standard InChI is InChI=1S/C27H24ClF2NO4S/c1-36(32,33)26(20-12-23(29)14-24(30)13-20)21-15-31(16-21)25(18-6-8-22(28)9-7-18)17-2-4-19(5-3-17)27-34-10-11-35-27/h2-9,12-14,25,27H,10-11,15-16H2,1H3. The fourth-order valence-electron chi connectivity index (χ4n) is 4.78. The first kappa shape index (κ1) is 25.0. The molecule has 0 saturated carbocycles. The third kappa shape index (κ3) is 5.23. The van der Waals surface area contributed by atoms with E-state index in [-0.39, 0.29) is 22.8 Å². The molecule has 3 aromatic carbocycles. The van der Waals surface area contributed by atoms with Crippen molar-refractivity contribution in [1.29, 1.82) is 0 Å². The van der Waals surface area contributed by atoms with Crippen molar-refractivity contribution in [2.75, 3.05) is 32.6 Å². The summed E-state index contributed by atoms with van der Waals surface area (Å²) in [7, 11) is -3.74. The Morgan fingerprint density at radius 2 is 1.44 bits per heavy atom. The molecule has 2 aliphatic rings. The number of nitrogens with zero attached hydrogens (tertiary/aromatic N) is 1. The summed E-state index contributed by atoms with van der Waals surface area (Å²) in [5, 5.41) is 0.611. The topological polar surface area (TPSA) is 55.8 Å². The second-order valence-electron chi connectivity index (χ2n) is 8.96. The minimum atomic E-state index is -3.74. The van der Waals surface area contributed by atoms with Gasteiger partial charge in [-0.25, -0.2) is 17.2 Å². The molecule has 2 fully saturated rings. The Hall–Kier alpha value is -2.62. The molecule has 3 aromatic rings. The summed E-state index contributed by atoms with van der Waals surface area (Å²) in [6.07, 6.45) is 0.680. The van der Waals surface area contributed by atoms with Crippen LogP contribution in [-0.4, -0.2) is 45.9 Å². The van der Waals surface area contributed by atoms with Gasteiger partial charge in [0.2, 0.25) is 0 Å². The smallest absolute Gasteiger partial charge is 0.184 e. The van der Waals surface area contributed by atoms with Crippen LogP contribution in [0.15, 0.2) is 72.3 Å². The number of benzene rings is 3. The van der Waals surface area contributed by atoms with E-state index in [1.54, 1.807) is 0 Å². The Balaban J connectivity index is 1.49. The van der Waals surface area contributed by atoms with Crippen molar-refractivity contribution >= 4 is 26.3 Å². The Morgan fingerprint density at radius 1 is 0.917 bits per heavy atom. The number of halogens is 3. The van der Waals surface area contributed by atoms with Gasteiger partial charge in [-0.3, -0.25) is 4.90 Å². The summed E-state index contributed by atoms with van der Waals surface area (Å²) < 4.78 is 64.2. The first-order valence-corrected chi connectivity index (χ1v) is 13.7. The summed E-state index contributed by atoms with van der Waals surface area (Å²) in [5.74, 6) is -1.64. The van der Waals surface area contributed by atoms with Gasteiger partial charge in [0, 0.05) is 36.0 Å². The number of hydrogen-bond donors (Lipinski definition) is 0. The van der Waals surface area contributed by atoms with Crippen molar-refractivity contribution in [3.8, 4) is 0 Å². The molecule has 2 aliphatic heterocycles. The Bertz CT molecular complexity index is 1370. The van der Waals surface area contributed by atoms with Gasteiger partial charge in [-0.05, 0) is 46.5 Å². The number of hydrogen-bond acceptors (Lipinski definition) is 5. The van der Waals surface area contributed by atoms with Crippen LogP contribution in [0.4, 0.5) is 8.78 Å². The van der Waals surface area contributed by atoms with E-state index < -0.39 is 21.5 Å². The Labute approximate surface area is 213 Å². The van der Waals surface area contributed by atoms with Gasteiger partial charge < -0.3 is 9.47 Å². The van der Waals surface area contributed by atoms with E-state index in [1.165, 1.54) is 0 Å². The molecule has 5 rings (SSSR count). The molecule has 1 atom stereocenters. The van der Waals surface area contributed by atoms with Crippen LogP contribution in [-0.2, 0) is 19.3 Å². The lowest BCUT2D eigenvalue weighted by molar-refractivity contribution is -0.0441. The molecule has 1 unspecified atom stereocenters. The fraction of sp³-hybridized carbons (Fsp3) is 0.259. The van der Waals surface area contributed by atoms with E-state index in [0.717, 1.165) is 41.1 Å². The monoisotopic (exact) mass is 531 g/mol. The molecule has 9 heteroatoms. The molecule has 36 heavy (non-hydrogen) atoms. The molecule has 188 valence electrons. The first-order chi connectivity index (χ1) is 17.2. The van der Waals surface area contributed by atoms with Crippen LogP contribution >= 0.6 is 11.6 Å². The van der Waals surface area contributed by atoms with Gasteiger partial charge in [-0.1, -0.05) is 48.0 Å². The summed E-state index contributed by atoms with van der Waals surface area (Å²) in [4.78, 5) is 2.08. The molecule has 5 nitrogen and oxygen atoms in total. The molecule has 0 radical (unpaired) electrons. The molecule has 2 saturated heterocycles. The summed E-state index contributed by atoms with van der Waals surface area (Å²) in [5.41, 5.74) is 3.52. The van der Waals surface area contributed by atoms with Crippen molar-refractivity contribution < 1.29 is 26.7 Å². The first-order valence-electron chi connectivity index (χ1n) is 11.4. The van der Waals surface area contributed by atoms with Gasteiger partial charge in [-0.15, -0.1) is 0 Å². The maximum Gasteiger partial charge on any atom is 0.184 e. The zero-order valence-corrected chi connectivity index (χ0v) is 21.0. The van der Waals surface area contributed by atoms with Crippen molar-refractivity contribution in [3.63, 3.8) is 0 Å². The second kappa shape index (κ2) is 10.0. The predicted molar refractivity (Wildman–Crippen MR) is 134 cm³/mol. The van der Waals surface area contributed by atoms with Crippen LogP contribution < -0.4 is 0 Å². The lowest BCUT2D eigenvalue weighted by Gasteiger charge is -2.42. The van der Waals surface area contributed by atoms with Gasteiger partial charge in [0.1, 0.15) is 11.6 Å². The fourth-order valence-corrected chi connectivity index (χ4v) is 6.11. The molecule has 0 aromatic heterocycles. The molecule has 0 N–H and O–H groups in total.